The number of nitrogens with zero attached hydrogens (tertiary/aromatic N) is 2. The predicted molar refractivity (Wildman–Crippen MR) is 101 cm³/mol. The number of aromatic nitrogens is 1. The molecule has 0 bridgehead atoms. The van der Waals surface area contributed by atoms with E-state index in [9.17, 15) is 14.4 Å². The van der Waals surface area contributed by atoms with Crippen LogP contribution in [0.5, 0.6) is 0 Å². The Labute approximate surface area is 156 Å². The molecule has 1 fully saturated rings. The third-order valence-electron chi connectivity index (χ3n) is 4.64. The highest BCUT2D eigenvalue weighted by Crippen LogP contribution is 2.31. The lowest BCUT2D eigenvalue weighted by Crippen LogP contribution is -2.44. The minimum atomic E-state index is -0.826. The van der Waals surface area contributed by atoms with E-state index in [0.29, 0.717) is 6.54 Å². The monoisotopic (exact) mass is 367 g/mol. The fraction of sp³-hybridized carbons (Fsp3) is 0.263. The van der Waals surface area contributed by atoms with E-state index in [1.807, 2.05) is 30.3 Å². The summed E-state index contributed by atoms with van der Waals surface area (Å²) in [5, 5.41) is 2.45. The maximum atomic E-state index is 12.8. The van der Waals surface area contributed by atoms with Gasteiger partial charge >= 0.3 is 11.8 Å². The summed E-state index contributed by atoms with van der Waals surface area (Å²) >= 11 is 0. The lowest BCUT2D eigenvalue weighted by Gasteiger charge is -2.35. The molecule has 0 aliphatic carbocycles. The number of primary amides is 1. The lowest BCUT2D eigenvalue weighted by atomic mass is 9.95. The van der Waals surface area contributed by atoms with Crippen LogP contribution < -0.4 is 16.8 Å². The molecule has 3 amide bonds. The molecule has 2 aromatic rings. The second-order valence-electron chi connectivity index (χ2n) is 6.39. The first-order valence-corrected chi connectivity index (χ1v) is 8.69. The van der Waals surface area contributed by atoms with Crippen molar-refractivity contribution in [1.29, 1.82) is 0 Å². The Morgan fingerprint density at radius 1 is 1.11 bits per heavy atom. The summed E-state index contributed by atoms with van der Waals surface area (Å²) in [4.78, 5) is 42.1. The SMILES string of the molecule is NC(=O)c1cncc(NC(=O)C(=O)N2CCCCC2c2ccccc2)c1N. The van der Waals surface area contributed by atoms with E-state index >= 15 is 0 Å². The average Bonchev–Trinajstić information content (AvgIpc) is 2.69. The number of nitrogens with one attached hydrogen (secondary N) is 1. The first-order valence-electron chi connectivity index (χ1n) is 8.69. The molecule has 27 heavy (non-hydrogen) atoms. The number of rotatable bonds is 3. The fourth-order valence-electron chi connectivity index (χ4n) is 3.27. The quantitative estimate of drug-likeness (QED) is 0.707. The Morgan fingerprint density at radius 2 is 1.85 bits per heavy atom. The Morgan fingerprint density at radius 3 is 2.56 bits per heavy atom. The summed E-state index contributed by atoms with van der Waals surface area (Å²) in [7, 11) is 0. The molecule has 1 saturated heterocycles. The van der Waals surface area contributed by atoms with Crippen LogP contribution >= 0.6 is 0 Å². The highest BCUT2D eigenvalue weighted by atomic mass is 16.2. The van der Waals surface area contributed by atoms with Gasteiger partial charge in [0, 0.05) is 12.7 Å². The van der Waals surface area contributed by atoms with Crippen LogP contribution in [0.4, 0.5) is 11.4 Å². The van der Waals surface area contributed by atoms with Gasteiger partial charge in [-0.1, -0.05) is 30.3 Å². The summed E-state index contributed by atoms with van der Waals surface area (Å²) < 4.78 is 0. The van der Waals surface area contributed by atoms with Gasteiger partial charge in [-0.3, -0.25) is 19.4 Å². The van der Waals surface area contributed by atoms with E-state index in [2.05, 4.69) is 10.3 Å². The zero-order chi connectivity index (χ0) is 19.4. The number of nitrogens with two attached hydrogens (primary N) is 2. The minimum Gasteiger partial charge on any atom is -0.396 e. The van der Waals surface area contributed by atoms with E-state index in [4.69, 9.17) is 11.5 Å². The molecule has 3 rings (SSSR count). The van der Waals surface area contributed by atoms with Crippen LogP contribution in [0.1, 0.15) is 41.2 Å². The van der Waals surface area contributed by atoms with Gasteiger partial charge in [0.15, 0.2) is 0 Å². The van der Waals surface area contributed by atoms with Crippen LogP contribution in [0.2, 0.25) is 0 Å². The van der Waals surface area contributed by atoms with Gasteiger partial charge in [0.25, 0.3) is 5.91 Å². The molecular weight excluding hydrogens is 346 g/mol. The molecule has 8 heteroatoms. The summed E-state index contributed by atoms with van der Waals surface area (Å²) in [6.45, 7) is 0.501. The van der Waals surface area contributed by atoms with E-state index in [0.717, 1.165) is 24.8 Å². The maximum absolute atomic E-state index is 12.8. The van der Waals surface area contributed by atoms with Crippen LogP contribution in [0.3, 0.4) is 0 Å². The molecule has 0 radical (unpaired) electrons. The van der Waals surface area contributed by atoms with Crippen LogP contribution in [0.15, 0.2) is 42.7 Å². The molecule has 5 N–H and O–H groups in total. The Bertz CT molecular complexity index is 869. The van der Waals surface area contributed by atoms with Crippen LogP contribution in [-0.2, 0) is 9.59 Å². The van der Waals surface area contributed by atoms with Gasteiger partial charge in [0.2, 0.25) is 0 Å². The molecule has 140 valence electrons. The third-order valence-corrected chi connectivity index (χ3v) is 4.64. The lowest BCUT2D eigenvalue weighted by molar-refractivity contribution is -0.145. The zero-order valence-corrected chi connectivity index (χ0v) is 14.7. The summed E-state index contributed by atoms with van der Waals surface area (Å²) in [5.41, 5.74) is 12.1. The number of hydrogen-bond acceptors (Lipinski definition) is 5. The smallest absolute Gasteiger partial charge is 0.314 e. The van der Waals surface area contributed by atoms with Gasteiger partial charge in [-0.05, 0) is 24.8 Å². The second kappa shape index (κ2) is 7.86. The molecule has 0 spiro atoms. The predicted octanol–water partition coefficient (Wildman–Crippen LogP) is 1.45. The molecule has 8 nitrogen and oxygen atoms in total. The molecule has 1 aromatic heterocycles. The van der Waals surface area contributed by atoms with Crippen molar-refractivity contribution in [3.8, 4) is 0 Å². The highest BCUT2D eigenvalue weighted by Gasteiger charge is 2.32. The molecule has 0 saturated carbocycles. The first-order chi connectivity index (χ1) is 13.0. The normalized spacial score (nSPS) is 16.6. The maximum Gasteiger partial charge on any atom is 0.314 e. The number of likely N-dealkylation sites (tertiary alicyclic amines) is 1. The van der Waals surface area contributed by atoms with Crippen molar-refractivity contribution >= 4 is 29.1 Å². The second-order valence-corrected chi connectivity index (χ2v) is 6.39. The van der Waals surface area contributed by atoms with Crippen molar-refractivity contribution < 1.29 is 14.4 Å². The number of hydrogen-bond donors (Lipinski definition) is 3. The first kappa shape index (κ1) is 18.4. The van der Waals surface area contributed by atoms with Crippen molar-refractivity contribution in [2.24, 2.45) is 5.73 Å². The fourth-order valence-corrected chi connectivity index (χ4v) is 3.27. The van der Waals surface area contributed by atoms with E-state index < -0.39 is 17.7 Å². The van der Waals surface area contributed by atoms with E-state index in [-0.39, 0.29) is 23.0 Å². The van der Waals surface area contributed by atoms with Crippen molar-refractivity contribution in [3.63, 3.8) is 0 Å². The van der Waals surface area contributed by atoms with Crippen LogP contribution in [0, 0.1) is 0 Å². The van der Waals surface area contributed by atoms with Crippen molar-refractivity contribution in [1.82, 2.24) is 9.88 Å². The number of carbonyl (C=O) groups excluding carboxylic acids is 3. The van der Waals surface area contributed by atoms with E-state index in [1.165, 1.54) is 12.4 Å². The molecule has 1 unspecified atom stereocenters. The Hall–Kier alpha value is -3.42. The molecule has 1 aliphatic heterocycles. The van der Waals surface area contributed by atoms with Gasteiger partial charge < -0.3 is 21.7 Å². The van der Waals surface area contributed by atoms with Crippen LogP contribution in [-0.4, -0.2) is 34.2 Å². The highest BCUT2D eigenvalue weighted by molar-refractivity contribution is 6.40. The van der Waals surface area contributed by atoms with Gasteiger partial charge in [0.05, 0.1) is 29.2 Å². The van der Waals surface area contributed by atoms with Gasteiger partial charge in [0.1, 0.15) is 0 Å². The third kappa shape index (κ3) is 3.89. The Balaban J connectivity index is 1.79. The van der Waals surface area contributed by atoms with Gasteiger partial charge in [-0.25, -0.2) is 0 Å². The standard InChI is InChI=1S/C19H21N5O3/c20-16-13(17(21)25)10-22-11-14(16)23-18(26)19(27)24-9-5-4-8-15(24)12-6-2-1-3-7-12/h1-3,6-7,10-11,15H,4-5,8-9H2,(H2,20,22)(H2,21,25)(H,23,26). The summed E-state index contributed by atoms with van der Waals surface area (Å²) in [6, 6.07) is 9.49. The summed E-state index contributed by atoms with van der Waals surface area (Å²) in [5.74, 6) is -2.23. The zero-order valence-electron chi connectivity index (χ0n) is 14.7. The van der Waals surface area contributed by atoms with Crippen molar-refractivity contribution in [2.45, 2.75) is 25.3 Å². The molecule has 2 heterocycles. The summed E-state index contributed by atoms with van der Waals surface area (Å²) in [6.07, 6.45) is 5.11. The van der Waals surface area contributed by atoms with Crippen LogP contribution in [0.25, 0.3) is 0 Å². The number of nitrogen functional groups attached to an aromatic ring is 1. The van der Waals surface area contributed by atoms with Crippen molar-refractivity contribution in [2.75, 3.05) is 17.6 Å². The average molecular weight is 367 g/mol. The number of piperidine rings is 1. The Kier molecular flexibility index (Phi) is 5.35. The molecule has 1 atom stereocenters. The minimum absolute atomic E-state index is 0.0135. The molecule has 1 aliphatic rings. The number of pyridine rings is 1. The van der Waals surface area contributed by atoms with E-state index in [1.54, 1.807) is 4.90 Å². The molecular formula is C19H21N5O3. The van der Waals surface area contributed by atoms with Gasteiger partial charge in [-0.2, -0.15) is 0 Å². The number of benzene rings is 1. The number of carbonyl (C=O) groups is 3. The number of amides is 3. The molecule has 1 aromatic carbocycles. The topological polar surface area (TPSA) is 131 Å². The largest absolute Gasteiger partial charge is 0.396 e. The van der Waals surface area contributed by atoms with Crippen molar-refractivity contribution in [3.05, 3.63) is 53.9 Å². The number of anilines is 2. The van der Waals surface area contributed by atoms with Gasteiger partial charge in [-0.15, -0.1) is 0 Å².